The lowest BCUT2D eigenvalue weighted by Gasteiger charge is -2.60. The third-order valence-electron chi connectivity index (χ3n) is 11.6. The van der Waals surface area contributed by atoms with Gasteiger partial charge >= 0.3 is 6.09 Å². The maximum atomic E-state index is 14.5. The molecule has 11 nitrogen and oxygen atoms in total. The molecule has 0 spiro atoms. The number of carbonyl (C=O) groups is 2. The molecule has 11 heteroatoms. The highest BCUT2D eigenvalue weighted by Crippen LogP contribution is 2.62. The zero-order valence-electron chi connectivity index (χ0n) is 35.6. The summed E-state index contributed by atoms with van der Waals surface area (Å²) in [5, 5.41) is 24.7. The number of aldehydes is 1. The summed E-state index contributed by atoms with van der Waals surface area (Å²) in [5.41, 5.74) is 3.37. The maximum absolute atomic E-state index is 14.5. The smallest absolute Gasteiger partial charge is 0.410 e. The molecule has 0 aromatic heterocycles. The standard InChI is InChI=1S/C49H62N2O9/c1-6-24-51(47(55)56-33-34-16-9-8-10-17-34)44-31-42(50-60-48(3,4)5)40-29-36(19-11-13-25-52)39(21-12-14-26-53)45-41-30-38(58-37-20-15-18-35(28-37)32-54)22-23-43(41)59-49(44,46(40)45)57-27-7-2/h7-10,15-18,20,22-23,28-30,32,36,39,44-46,52-53H,2,6,11-14,19,21,24-27,31,33H2,1,3-5H3. The second-order valence-corrected chi connectivity index (χ2v) is 17.0. The Morgan fingerprint density at radius 2 is 1.73 bits per heavy atom. The summed E-state index contributed by atoms with van der Waals surface area (Å²) in [6.07, 6.45) is 9.82. The summed E-state index contributed by atoms with van der Waals surface area (Å²) in [4.78, 5) is 34.1. The Kier molecular flexibility index (Phi) is 15.3. The van der Waals surface area contributed by atoms with Crippen LogP contribution in [0.2, 0.25) is 0 Å². The van der Waals surface area contributed by atoms with Crippen LogP contribution in [0.1, 0.15) is 106 Å². The minimum Gasteiger partial charge on any atom is -0.459 e. The van der Waals surface area contributed by atoms with Gasteiger partial charge in [0.1, 0.15) is 41.8 Å². The van der Waals surface area contributed by atoms with Gasteiger partial charge in [0.15, 0.2) is 0 Å². The first-order valence-electron chi connectivity index (χ1n) is 21.5. The summed E-state index contributed by atoms with van der Waals surface area (Å²) in [6.45, 7) is 12.7. The first kappa shape index (κ1) is 44.6. The number of nitrogens with zero attached hydrogens (tertiary/aromatic N) is 2. The van der Waals surface area contributed by atoms with E-state index in [-0.39, 0.29) is 50.6 Å². The molecule has 1 heterocycles. The molecule has 3 aromatic rings. The number of fused-ring (bicyclic) bond motifs is 2. The van der Waals surface area contributed by atoms with Crippen molar-refractivity contribution in [2.75, 3.05) is 26.4 Å². The predicted octanol–water partition coefficient (Wildman–Crippen LogP) is 9.77. The lowest BCUT2D eigenvalue weighted by atomic mass is 9.55. The summed E-state index contributed by atoms with van der Waals surface area (Å²) in [5.74, 6) is -0.282. The van der Waals surface area contributed by atoms with Crippen LogP contribution in [0.5, 0.6) is 17.2 Å². The number of ether oxygens (including phenoxy) is 4. The van der Waals surface area contributed by atoms with Gasteiger partial charge < -0.3 is 34.0 Å². The van der Waals surface area contributed by atoms with Crippen molar-refractivity contribution in [2.24, 2.45) is 22.9 Å². The number of rotatable bonds is 20. The van der Waals surface area contributed by atoms with Crippen molar-refractivity contribution in [2.45, 2.75) is 109 Å². The molecule has 6 unspecified atom stereocenters. The molecule has 0 radical (unpaired) electrons. The van der Waals surface area contributed by atoms with Crippen LogP contribution in [0.25, 0.3) is 0 Å². The van der Waals surface area contributed by atoms with Gasteiger partial charge in [-0.25, -0.2) is 4.79 Å². The molecular formula is C49H62N2O9. The molecule has 2 N–H and O–H groups in total. The molecule has 322 valence electrons. The van der Waals surface area contributed by atoms with E-state index >= 15 is 0 Å². The number of aliphatic hydroxyl groups excluding tert-OH is 2. The molecule has 6 atom stereocenters. The molecule has 60 heavy (non-hydrogen) atoms. The third kappa shape index (κ3) is 10.3. The number of aliphatic hydroxyl groups is 2. The van der Waals surface area contributed by atoms with Crippen molar-refractivity contribution in [1.29, 1.82) is 0 Å². The molecule has 3 aromatic carbocycles. The highest BCUT2D eigenvalue weighted by atomic mass is 16.7. The van der Waals surface area contributed by atoms with E-state index < -0.39 is 29.4 Å². The van der Waals surface area contributed by atoms with Crippen molar-refractivity contribution >= 4 is 18.1 Å². The average Bonchev–Trinajstić information content (AvgIpc) is 3.24. The van der Waals surface area contributed by atoms with E-state index in [1.807, 2.05) is 82.3 Å². The first-order chi connectivity index (χ1) is 29.0. The Balaban J connectivity index is 1.57. The van der Waals surface area contributed by atoms with E-state index in [0.29, 0.717) is 54.3 Å². The molecule has 1 fully saturated rings. The maximum Gasteiger partial charge on any atom is 0.410 e. The molecule has 3 aliphatic rings. The zero-order valence-corrected chi connectivity index (χ0v) is 35.6. The van der Waals surface area contributed by atoms with Gasteiger partial charge in [-0.3, -0.25) is 9.69 Å². The Morgan fingerprint density at radius 3 is 2.43 bits per heavy atom. The molecule has 1 saturated carbocycles. The quantitative estimate of drug-likeness (QED) is 0.0494. The van der Waals surface area contributed by atoms with Gasteiger partial charge in [-0.2, -0.15) is 0 Å². The summed E-state index contributed by atoms with van der Waals surface area (Å²) >= 11 is 0. The minimum absolute atomic E-state index is 0.0418. The van der Waals surface area contributed by atoms with E-state index in [4.69, 9.17) is 28.9 Å². The zero-order chi connectivity index (χ0) is 42.7. The van der Waals surface area contributed by atoms with Gasteiger partial charge in [0.05, 0.1) is 18.2 Å². The van der Waals surface area contributed by atoms with Gasteiger partial charge in [-0.05, 0) is 106 Å². The molecule has 1 amide bonds. The number of oxime groups is 1. The Bertz CT molecular complexity index is 1970. The summed E-state index contributed by atoms with van der Waals surface area (Å²) < 4.78 is 26.9. The molecule has 2 aliphatic carbocycles. The number of carbonyl (C=O) groups excluding carboxylic acids is 2. The SMILES string of the molecule is C=CCOC12Oc3ccc(Oc4cccc(C=O)c4)cc3C3C(CCCCO)C(CCCCO)C=C(C(=NOC(C)(C)C)CC1N(CCC)C(=O)OCc1ccccc1)C32. The van der Waals surface area contributed by atoms with Crippen LogP contribution in [0.4, 0.5) is 4.79 Å². The van der Waals surface area contributed by atoms with Crippen LogP contribution < -0.4 is 9.47 Å². The fraction of sp³-hybridized carbons (Fsp3) is 0.490. The van der Waals surface area contributed by atoms with Crippen LogP contribution in [-0.4, -0.2) is 77.0 Å². The van der Waals surface area contributed by atoms with E-state index in [0.717, 1.165) is 48.7 Å². The lowest BCUT2D eigenvalue weighted by Crippen LogP contribution is -2.70. The molecular weight excluding hydrogens is 761 g/mol. The second kappa shape index (κ2) is 20.5. The van der Waals surface area contributed by atoms with E-state index in [2.05, 4.69) is 12.7 Å². The summed E-state index contributed by atoms with van der Waals surface area (Å²) in [7, 11) is 0. The van der Waals surface area contributed by atoms with Crippen LogP contribution in [-0.2, 0) is 20.9 Å². The van der Waals surface area contributed by atoms with Crippen LogP contribution >= 0.6 is 0 Å². The number of hydrogen-bond donors (Lipinski definition) is 2. The number of amides is 1. The topological polar surface area (TPSA) is 136 Å². The molecule has 0 saturated heterocycles. The van der Waals surface area contributed by atoms with Gasteiger partial charge in [0.25, 0.3) is 0 Å². The average molecular weight is 823 g/mol. The molecule has 1 aliphatic heterocycles. The van der Waals surface area contributed by atoms with Crippen molar-refractivity contribution < 1.29 is 43.6 Å². The molecule has 6 rings (SSSR count). The van der Waals surface area contributed by atoms with Crippen LogP contribution in [0, 0.1) is 17.8 Å². The van der Waals surface area contributed by atoms with Crippen LogP contribution in [0.15, 0.2) is 102 Å². The summed E-state index contributed by atoms with van der Waals surface area (Å²) in [6, 6.07) is 21.7. The minimum atomic E-state index is -1.41. The number of unbranched alkanes of at least 4 members (excludes halogenated alkanes) is 2. The van der Waals surface area contributed by atoms with Crippen molar-refractivity contribution in [3.8, 4) is 17.2 Å². The normalized spacial score (nSPS) is 23.7. The number of allylic oxidation sites excluding steroid dienone is 1. The van der Waals surface area contributed by atoms with E-state index in [1.54, 1.807) is 29.2 Å². The second-order valence-electron chi connectivity index (χ2n) is 17.0. The fourth-order valence-corrected chi connectivity index (χ4v) is 9.11. The van der Waals surface area contributed by atoms with Crippen LogP contribution in [0.3, 0.4) is 0 Å². The predicted molar refractivity (Wildman–Crippen MR) is 231 cm³/mol. The Labute approximate surface area is 355 Å². The van der Waals surface area contributed by atoms with Gasteiger partial charge in [-0.1, -0.05) is 79.5 Å². The van der Waals surface area contributed by atoms with Crippen molar-refractivity contribution in [3.05, 3.63) is 114 Å². The monoisotopic (exact) mass is 822 g/mol. The van der Waals surface area contributed by atoms with Gasteiger partial charge in [0.2, 0.25) is 5.79 Å². The Morgan fingerprint density at radius 1 is 0.983 bits per heavy atom. The Hall–Kier alpha value is -4.97. The van der Waals surface area contributed by atoms with Gasteiger partial charge in [-0.15, -0.1) is 6.58 Å². The highest BCUT2D eigenvalue weighted by molar-refractivity contribution is 6.03. The van der Waals surface area contributed by atoms with Crippen molar-refractivity contribution in [1.82, 2.24) is 4.90 Å². The van der Waals surface area contributed by atoms with Crippen molar-refractivity contribution in [3.63, 3.8) is 0 Å². The van der Waals surface area contributed by atoms with Gasteiger partial charge in [0, 0.05) is 43.2 Å². The molecule has 0 bridgehead atoms. The van der Waals surface area contributed by atoms with E-state index in [1.165, 1.54) is 0 Å². The first-order valence-corrected chi connectivity index (χ1v) is 21.5. The fourth-order valence-electron chi connectivity index (χ4n) is 9.11. The highest BCUT2D eigenvalue weighted by Gasteiger charge is 2.65. The number of hydrogen-bond acceptors (Lipinski definition) is 10. The largest absolute Gasteiger partial charge is 0.459 e. The lowest BCUT2D eigenvalue weighted by molar-refractivity contribution is -0.255. The number of benzene rings is 3. The van der Waals surface area contributed by atoms with E-state index in [9.17, 15) is 19.8 Å². The third-order valence-corrected chi connectivity index (χ3v) is 11.6.